The lowest BCUT2D eigenvalue weighted by Gasteiger charge is -2.16. The van der Waals surface area contributed by atoms with Gasteiger partial charge in [0.1, 0.15) is 0 Å². The van der Waals surface area contributed by atoms with E-state index in [2.05, 4.69) is 15.9 Å². The van der Waals surface area contributed by atoms with E-state index >= 15 is 0 Å². The SMILES string of the molecule is Cc1ccc(N(C)C(=O)CCBr)cc1. The topological polar surface area (TPSA) is 20.3 Å². The Hall–Kier alpha value is -0.830. The van der Waals surface area contributed by atoms with Gasteiger partial charge in [-0.05, 0) is 19.1 Å². The van der Waals surface area contributed by atoms with Crippen LogP contribution in [0.4, 0.5) is 5.69 Å². The molecule has 0 fully saturated rings. The van der Waals surface area contributed by atoms with Crippen molar-refractivity contribution in [3.8, 4) is 0 Å². The molecule has 1 aromatic rings. The normalized spacial score (nSPS) is 9.93. The fourth-order valence-corrected chi connectivity index (χ4v) is 1.50. The van der Waals surface area contributed by atoms with E-state index in [1.54, 1.807) is 11.9 Å². The molecule has 1 rings (SSSR count). The van der Waals surface area contributed by atoms with Crippen molar-refractivity contribution >= 4 is 27.5 Å². The first-order valence-electron chi connectivity index (χ1n) is 4.54. The molecule has 0 saturated carbocycles. The van der Waals surface area contributed by atoms with Crippen LogP contribution in [0.3, 0.4) is 0 Å². The molecular formula is C11H14BrNO. The Balaban J connectivity index is 2.73. The zero-order chi connectivity index (χ0) is 10.6. The molecule has 76 valence electrons. The Morgan fingerprint density at radius 2 is 1.93 bits per heavy atom. The van der Waals surface area contributed by atoms with Gasteiger partial charge in [-0.2, -0.15) is 0 Å². The maximum absolute atomic E-state index is 11.5. The lowest BCUT2D eigenvalue weighted by Crippen LogP contribution is -2.26. The minimum absolute atomic E-state index is 0.130. The zero-order valence-electron chi connectivity index (χ0n) is 8.46. The quantitative estimate of drug-likeness (QED) is 0.761. The van der Waals surface area contributed by atoms with Gasteiger partial charge in [-0.1, -0.05) is 33.6 Å². The van der Waals surface area contributed by atoms with Crippen molar-refractivity contribution in [1.82, 2.24) is 0 Å². The summed E-state index contributed by atoms with van der Waals surface area (Å²) in [6.45, 7) is 2.03. The molecule has 0 unspecified atom stereocenters. The summed E-state index contributed by atoms with van der Waals surface area (Å²) < 4.78 is 0. The van der Waals surface area contributed by atoms with Gasteiger partial charge in [0.05, 0.1) is 0 Å². The highest BCUT2D eigenvalue weighted by Crippen LogP contribution is 2.14. The predicted molar refractivity (Wildman–Crippen MR) is 63.0 cm³/mol. The van der Waals surface area contributed by atoms with E-state index in [0.717, 1.165) is 5.69 Å². The fraction of sp³-hybridized carbons (Fsp3) is 0.364. The molecular weight excluding hydrogens is 242 g/mol. The van der Waals surface area contributed by atoms with Crippen molar-refractivity contribution in [1.29, 1.82) is 0 Å². The Morgan fingerprint density at radius 3 is 2.43 bits per heavy atom. The van der Waals surface area contributed by atoms with Crippen molar-refractivity contribution < 1.29 is 4.79 Å². The first-order valence-corrected chi connectivity index (χ1v) is 5.66. The standard InChI is InChI=1S/C11H14BrNO/c1-9-3-5-10(6-4-9)13(2)11(14)7-8-12/h3-6H,7-8H2,1-2H3. The first-order chi connectivity index (χ1) is 6.65. The maximum Gasteiger partial charge on any atom is 0.227 e. The number of nitrogens with zero attached hydrogens (tertiary/aromatic N) is 1. The van der Waals surface area contributed by atoms with Crippen molar-refractivity contribution in [3.05, 3.63) is 29.8 Å². The second-order valence-corrected chi connectivity index (χ2v) is 4.02. The average Bonchev–Trinajstić information content (AvgIpc) is 2.18. The molecule has 0 N–H and O–H groups in total. The largest absolute Gasteiger partial charge is 0.315 e. The Morgan fingerprint density at radius 1 is 1.36 bits per heavy atom. The van der Waals surface area contributed by atoms with Crippen LogP contribution in [-0.2, 0) is 4.79 Å². The van der Waals surface area contributed by atoms with Gasteiger partial charge in [-0.25, -0.2) is 0 Å². The van der Waals surface area contributed by atoms with Crippen LogP contribution in [0, 0.1) is 6.92 Å². The lowest BCUT2D eigenvalue weighted by molar-refractivity contribution is -0.117. The summed E-state index contributed by atoms with van der Waals surface area (Å²) in [6, 6.07) is 7.93. The second kappa shape index (κ2) is 5.15. The number of rotatable bonds is 3. The minimum Gasteiger partial charge on any atom is -0.315 e. The zero-order valence-corrected chi connectivity index (χ0v) is 10.0. The Kier molecular flexibility index (Phi) is 4.14. The average molecular weight is 256 g/mol. The number of carbonyl (C=O) groups excluding carboxylic acids is 1. The van der Waals surface area contributed by atoms with Gasteiger partial charge < -0.3 is 4.90 Å². The van der Waals surface area contributed by atoms with E-state index in [0.29, 0.717) is 11.8 Å². The lowest BCUT2D eigenvalue weighted by atomic mass is 10.2. The van der Waals surface area contributed by atoms with Gasteiger partial charge in [-0.15, -0.1) is 0 Å². The van der Waals surface area contributed by atoms with Crippen molar-refractivity contribution in [3.63, 3.8) is 0 Å². The van der Waals surface area contributed by atoms with E-state index in [9.17, 15) is 4.79 Å². The van der Waals surface area contributed by atoms with Gasteiger partial charge >= 0.3 is 0 Å². The van der Waals surface area contributed by atoms with Crippen molar-refractivity contribution in [2.24, 2.45) is 0 Å². The van der Waals surface area contributed by atoms with Crippen LogP contribution in [-0.4, -0.2) is 18.3 Å². The summed E-state index contributed by atoms with van der Waals surface area (Å²) in [5.41, 5.74) is 2.15. The highest BCUT2D eigenvalue weighted by Gasteiger charge is 2.08. The van der Waals surface area contributed by atoms with E-state index < -0.39 is 0 Å². The second-order valence-electron chi connectivity index (χ2n) is 3.23. The third-order valence-corrected chi connectivity index (χ3v) is 2.50. The minimum atomic E-state index is 0.130. The molecule has 1 aromatic carbocycles. The molecule has 0 spiro atoms. The van der Waals surface area contributed by atoms with Crippen molar-refractivity contribution in [2.75, 3.05) is 17.3 Å². The van der Waals surface area contributed by atoms with Crippen LogP contribution in [0.25, 0.3) is 0 Å². The highest BCUT2D eigenvalue weighted by atomic mass is 79.9. The Bertz CT molecular complexity index is 308. The Labute approximate surface area is 93.0 Å². The number of halogens is 1. The molecule has 14 heavy (non-hydrogen) atoms. The van der Waals surface area contributed by atoms with Gasteiger partial charge in [0.25, 0.3) is 0 Å². The number of anilines is 1. The molecule has 0 aliphatic carbocycles. The predicted octanol–water partition coefficient (Wildman–Crippen LogP) is 2.74. The summed E-state index contributed by atoms with van der Waals surface area (Å²) in [4.78, 5) is 13.2. The molecule has 3 heteroatoms. The number of carbonyl (C=O) groups is 1. The number of hydrogen-bond donors (Lipinski definition) is 0. The first kappa shape index (κ1) is 11.2. The monoisotopic (exact) mass is 255 g/mol. The molecule has 0 radical (unpaired) electrons. The highest BCUT2D eigenvalue weighted by molar-refractivity contribution is 9.09. The fourth-order valence-electron chi connectivity index (χ4n) is 1.16. The third-order valence-electron chi connectivity index (χ3n) is 2.10. The van der Waals surface area contributed by atoms with Crippen LogP contribution < -0.4 is 4.90 Å². The van der Waals surface area contributed by atoms with E-state index in [1.807, 2.05) is 31.2 Å². The number of hydrogen-bond acceptors (Lipinski definition) is 1. The smallest absolute Gasteiger partial charge is 0.227 e. The molecule has 0 aliphatic heterocycles. The van der Waals surface area contributed by atoms with Gasteiger partial charge in [-0.3, -0.25) is 4.79 Å². The molecule has 0 atom stereocenters. The number of amides is 1. The van der Waals surface area contributed by atoms with Crippen LogP contribution in [0.5, 0.6) is 0 Å². The number of aryl methyl sites for hydroxylation is 1. The van der Waals surface area contributed by atoms with E-state index in [-0.39, 0.29) is 5.91 Å². The molecule has 0 aromatic heterocycles. The van der Waals surface area contributed by atoms with Crippen LogP contribution >= 0.6 is 15.9 Å². The molecule has 0 aliphatic rings. The maximum atomic E-state index is 11.5. The summed E-state index contributed by atoms with van der Waals surface area (Å²) in [5, 5.41) is 0.710. The molecule has 0 saturated heterocycles. The van der Waals surface area contributed by atoms with Gasteiger partial charge in [0.15, 0.2) is 0 Å². The summed E-state index contributed by atoms with van der Waals surface area (Å²) in [5.74, 6) is 0.130. The van der Waals surface area contributed by atoms with Crippen LogP contribution in [0.2, 0.25) is 0 Å². The summed E-state index contributed by atoms with van der Waals surface area (Å²) in [6.07, 6.45) is 0.532. The number of alkyl halides is 1. The van der Waals surface area contributed by atoms with Gasteiger partial charge in [0, 0.05) is 24.5 Å². The summed E-state index contributed by atoms with van der Waals surface area (Å²) >= 11 is 3.25. The van der Waals surface area contributed by atoms with E-state index in [4.69, 9.17) is 0 Å². The third kappa shape index (κ3) is 2.84. The van der Waals surface area contributed by atoms with E-state index in [1.165, 1.54) is 5.56 Å². The molecule has 2 nitrogen and oxygen atoms in total. The molecule has 0 bridgehead atoms. The van der Waals surface area contributed by atoms with Crippen LogP contribution in [0.1, 0.15) is 12.0 Å². The van der Waals surface area contributed by atoms with Gasteiger partial charge in [0.2, 0.25) is 5.91 Å². The van der Waals surface area contributed by atoms with Crippen LogP contribution in [0.15, 0.2) is 24.3 Å². The van der Waals surface area contributed by atoms with Crippen molar-refractivity contribution in [2.45, 2.75) is 13.3 Å². The molecule has 0 heterocycles. The number of benzene rings is 1. The summed E-state index contributed by atoms with van der Waals surface area (Å²) in [7, 11) is 1.80. The molecule has 1 amide bonds.